The predicted molar refractivity (Wildman–Crippen MR) is 120 cm³/mol. The van der Waals surface area contributed by atoms with Gasteiger partial charge in [0.2, 0.25) is 5.91 Å². The molecule has 1 N–H and O–H groups in total. The third-order valence-corrected chi connectivity index (χ3v) is 5.43. The fourth-order valence-electron chi connectivity index (χ4n) is 2.76. The Hall–Kier alpha value is -2.02. The van der Waals surface area contributed by atoms with Crippen LogP contribution in [0.3, 0.4) is 0 Å². The average molecular weight is 449 g/mol. The monoisotopic (exact) mass is 448 g/mol. The van der Waals surface area contributed by atoms with Crippen LogP contribution in [-0.4, -0.2) is 32.0 Å². The number of thioether (sulfide) groups is 1. The highest BCUT2D eigenvalue weighted by Gasteiger charge is 2.19. The Labute approximate surface area is 184 Å². The zero-order valence-electron chi connectivity index (χ0n) is 16.4. The number of carbonyl (C=O) groups excluding carboxylic acids is 1. The van der Waals surface area contributed by atoms with Crippen molar-refractivity contribution in [2.75, 3.05) is 5.75 Å². The van der Waals surface area contributed by atoms with Gasteiger partial charge < -0.3 is 5.32 Å². The first kappa shape index (κ1) is 21.7. The highest BCUT2D eigenvalue weighted by molar-refractivity contribution is 7.99. The fourth-order valence-corrected chi connectivity index (χ4v) is 3.99. The Balaban J connectivity index is 1.92. The standard InChI is InChI=1S/C21H22Cl2N4OS/c1-21(2,3)24-18(28)13-29-20-26-25-19(16-10-9-15(22)11-17(16)23)27(20)12-14-7-5-4-6-8-14/h4-11H,12-13H2,1-3H3,(H,24,28). The summed E-state index contributed by atoms with van der Waals surface area (Å²) in [6, 6.07) is 15.3. The van der Waals surface area contributed by atoms with E-state index in [2.05, 4.69) is 15.5 Å². The molecule has 152 valence electrons. The molecule has 0 fully saturated rings. The summed E-state index contributed by atoms with van der Waals surface area (Å²) < 4.78 is 1.97. The quantitative estimate of drug-likeness (QED) is 0.519. The summed E-state index contributed by atoms with van der Waals surface area (Å²) in [6.07, 6.45) is 0. The van der Waals surface area contributed by atoms with Crippen molar-refractivity contribution in [3.05, 3.63) is 64.1 Å². The molecule has 3 rings (SSSR count). The second-order valence-corrected chi connectivity index (χ2v) is 9.38. The number of halogens is 2. The van der Waals surface area contributed by atoms with Gasteiger partial charge in [0.05, 0.1) is 17.3 Å². The molecule has 3 aromatic rings. The Morgan fingerprint density at radius 2 is 1.83 bits per heavy atom. The van der Waals surface area contributed by atoms with Gasteiger partial charge in [-0.3, -0.25) is 9.36 Å². The van der Waals surface area contributed by atoms with Gasteiger partial charge in [-0.2, -0.15) is 0 Å². The van der Waals surface area contributed by atoms with Gasteiger partial charge in [0.15, 0.2) is 11.0 Å². The summed E-state index contributed by atoms with van der Waals surface area (Å²) in [7, 11) is 0. The van der Waals surface area contributed by atoms with Crippen LogP contribution >= 0.6 is 35.0 Å². The van der Waals surface area contributed by atoms with E-state index < -0.39 is 0 Å². The van der Waals surface area contributed by atoms with Crippen molar-refractivity contribution in [2.24, 2.45) is 0 Å². The second-order valence-electron chi connectivity index (χ2n) is 7.59. The maximum Gasteiger partial charge on any atom is 0.230 e. The molecule has 1 amide bonds. The summed E-state index contributed by atoms with van der Waals surface area (Å²) >= 11 is 13.8. The summed E-state index contributed by atoms with van der Waals surface area (Å²) in [5.41, 5.74) is 1.56. The summed E-state index contributed by atoms with van der Waals surface area (Å²) in [4.78, 5) is 12.2. The van der Waals surface area contributed by atoms with Crippen molar-refractivity contribution in [1.82, 2.24) is 20.1 Å². The Bertz CT molecular complexity index is 1000. The largest absolute Gasteiger partial charge is 0.351 e. The van der Waals surface area contributed by atoms with E-state index in [1.54, 1.807) is 12.1 Å². The van der Waals surface area contributed by atoms with Gasteiger partial charge in [-0.15, -0.1) is 10.2 Å². The molecule has 0 unspecified atom stereocenters. The molecule has 1 aromatic heterocycles. The molecule has 5 nitrogen and oxygen atoms in total. The van der Waals surface area contributed by atoms with Gasteiger partial charge in [0.1, 0.15) is 0 Å². The highest BCUT2D eigenvalue weighted by Crippen LogP contribution is 2.32. The number of amides is 1. The van der Waals surface area contributed by atoms with Crippen molar-refractivity contribution in [3.63, 3.8) is 0 Å². The zero-order valence-corrected chi connectivity index (χ0v) is 18.8. The lowest BCUT2D eigenvalue weighted by molar-refractivity contribution is -0.119. The molecule has 0 aliphatic heterocycles. The van der Waals surface area contributed by atoms with Crippen molar-refractivity contribution >= 4 is 40.9 Å². The van der Waals surface area contributed by atoms with E-state index >= 15 is 0 Å². The molecule has 0 radical (unpaired) electrons. The third kappa shape index (κ3) is 5.98. The molecule has 29 heavy (non-hydrogen) atoms. The number of nitrogens with zero attached hydrogens (tertiary/aromatic N) is 3. The summed E-state index contributed by atoms with van der Waals surface area (Å²) in [6.45, 7) is 6.42. The van der Waals surface area contributed by atoms with Gasteiger partial charge in [0.25, 0.3) is 0 Å². The molecular formula is C21H22Cl2N4OS. The topological polar surface area (TPSA) is 59.8 Å². The molecule has 0 aliphatic carbocycles. The van der Waals surface area contributed by atoms with Crippen LogP contribution in [0.5, 0.6) is 0 Å². The Kier molecular flexibility index (Phi) is 6.88. The van der Waals surface area contributed by atoms with E-state index in [0.717, 1.165) is 11.1 Å². The molecule has 2 aromatic carbocycles. The first-order chi connectivity index (χ1) is 13.7. The molecule has 1 heterocycles. The average Bonchev–Trinajstić information content (AvgIpc) is 3.02. The van der Waals surface area contributed by atoms with E-state index in [-0.39, 0.29) is 17.2 Å². The van der Waals surface area contributed by atoms with Crippen LogP contribution in [0.1, 0.15) is 26.3 Å². The fraction of sp³-hybridized carbons (Fsp3) is 0.286. The second kappa shape index (κ2) is 9.20. The van der Waals surface area contributed by atoms with Crippen LogP contribution in [0.4, 0.5) is 0 Å². The van der Waals surface area contributed by atoms with Crippen LogP contribution in [0.25, 0.3) is 11.4 Å². The molecule has 0 atom stereocenters. The van der Waals surface area contributed by atoms with Crippen molar-refractivity contribution < 1.29 is 4.79 Å². The van der Waals surface area contributed by atoms with Gasteiger partial charge in [0, 0.05) is 16.1 Å². The first-order valence-electron chi connectivity index (χ1n) is 9.09. The maximum absolute atomic E-state index is 12.2. The molecule has 0 saturated heterocycles. The predicted octanol–water partition coefficient (Wildman–Crippen LogP) is 5.31. The van der Waals surface area contributed by atoms with Crippen LogP contribution in [0.2, 0.25) is 10.0 Å². The van der Waals surface area contributed by atoms with Gasteiger partial charge in [-0.1, -0.05) is 65.3 Å². The summed E-state index contributed by atoms with van der Waals surface area (Å²) in [5, 5.41) is 13.4. The third-order valence-electron chi connectivity index (χ3n) is 3.92. The number of carbonyl (C=O) groups is 1. The lowest BCUT2D eigenvalue weighted by Gasteiger charge is -2.20. The van der Waals surface area contributed by atoms with Crippen molar-refractivity contribution in [2.45, 2.75) is 38.0 Å². The SMILES string of the molecule is CC(C)(C)NC(=O)CSc1nnc(-c2ccc(Cl)cc2Cl)n1Cc1ccccc1. The number of hydrogen-bond donors (Lipinski definition) is 1. The van der Waals surface area contributed by atoms with Crippen LogP contribution in [-0.2, 0) is 11.3 Å². The minimum atomic E-state index is -0.280. The van der Waals surface area contributed by atoms with Crippen LogP contribution in [0.15, 0.2) is 53.7 Å². The zero-order chi connectivity index (χ0) is 21.0. The van der Waals surface area contributed by atoms with Gasteiger partial charge in [-0.25, -0.2) is 0 Å². The Morgan fingerprint density at radius 1 is 1.10 bits per heavy atom. The lowest BCUT2D eigenvalue weighted by atomic mass is 10.1. The Morgan fingerprint density at radius 3 is 2.48 bits per heavy atom. The van der Waals surface area contributed by atoms with Gasteiger partial charge >= 0.3 is 0 Å². The molecule has 0 spiro atoms. The van der Waals surface area contributed by atoms with E-state index in [9.17, 15) is 4.79 Å². The minimum Gasteiger partial charge on any atom is -0.351 e. The molecule has 8 heteroatoms. The smallest absolute Gasteiger partial charge is 0.230 e. The van der Waals surface area contributed by atoms with Gasteiger partial charge in [-0.05, 0) is 44.5 Å². The van der Waals surface area contributed by atoms with E-state index in [0.29, 0.717) is 27.6 Å². The number of hydrogen-bond acceptors (Lipinski definition) is 4. The lowest BCUT2D eigenvalue weighted by Crippen LogP contribution is -2.41. The van der Waals surface area contributed by atoms with E-state index in [4.69, 9.17) is 23.2 Å². The number of benzene rings is 2. The van der Waals surface area contributed by atoms with E-state index in [1.807, 2.05) is 61.7 Å². The molecular weight excluding hydrogens is 427 g/mol. The van der Waals surface area contributed by atoms with Crippen molar-refractivity contribution in [3.8, 4) is 11.4 Å². The molecule has 0 aliphatic rings. The maximum atomic E-state index is 12.2. The highest BCUT2D eigenvalue weighted by atomic mass is 35.5. The van der Waals surface area contributed by atoms with Crippen LogP contribution < -0.4 is 5.32 Å². The van der Waals surface area contributed by atoms with E-state index in [1.165, 1.54) is 11.8 Å². The van der Waals surface area contributed by atoms with Crippen molar-refractivity contribution in [1.29, 1.82) is 0 Å². The summed E-state index contributed by atoms with van der Waals surface area (Å²) in [5.74, 6) is 0.829. The minimum absolute atomic E-state index is 0.0529. The van der Waals surface area contributed by atoms with Crippen LogP contribution in [0, 0.1) is 0 Å². The number of rotatable bonds is 6. The number of aromatic nitrogens is 3. The molecule has 0 saturated carbocycles. The number of nitrogens with one attached hydrogen (secondary N) is 1. The molecule has 0 bridgehead atoms. The normalized spacial score (nSPS) is 11.5. The first-order valence-corrected chi connectivity index (χ1v) is 10.8.